The van der Waals surface area contributed by atoms with Crippen molar-refractivity contribution >= 4 is 11.6 Å². The Morgan fingerprint density at radius 3 is 2.11 bits per heavy atom. The molecular weight excluding hydrogens is 369 g/mol. The third-order valence-electron chi connectivity index (χ3n) is 4.60. The third-order valence-corrected chi connectivity index (χ3v) is 4.60. The van der Waals surface area contributed by atoms with E-state index in [9.17, 15) is 23.1 Å². The Labute approximate surface area is 163 Å². The first-order valence-electron chi connectivity index (χ1n) is 8.83. The molecule has 1 unspecified atom stereocenters. The predicted octanol–water partition coefficient (Wildman–Crippen LogP) is 4.16. The fourth-order valence-electron chi connectivity index (χ4n) is 3.36. The van der Waals surface area contributed by atoms with Crippen molar-refractivity contribution in [3.05, 3.63) is 63.7 Å². The van der Waals surface area contributed by atoms with Crippen LogP contribution in [0.15, 0.2) is 30.3 Å². The van der Waals surface area contributed by atoms with Crippen LogP contribution >= 0.6 is 0 Å². The summed E-state index contributed by atoms with van der Waals surface area (Å²) in [5.74, 6) is -0.673. The van der Waals surface area contributed by atoms with E-state index in [1.54, 1.807) is 14.1 Å². The number of halogens is 3. The zero-order valence-electron chi connectivity index (χ0n) is 16.6. The van der Waals surface area contributed by atoms with Crippen molar-refractivity contribution < 1.29 is 23.1 Å². The van der Waals surface area contributed by atoms with Crippen LogP contribution in [0.3, 0.4) is 0 Å². The van der Waals surface area contributed by atoms with Gasteiger partial charge in [-0.25, -0.2) is 0 Å². The molecule has 4 nitrogen and oxygen atoms in total. The van der Waals surface area contributed by atoms with Crippen molar-refractivity contribution in [1.29, 1.82) is 0 Å². The van der Waals surface area contributed by atoms with Crippen molar-refractivity contribution in [2.45, 2.75) is 33.0 Å². The van der Waals surface area contributed by atoms with Gasteiger partial charge in [-0.2, -0.15) is 13.2 Å². The number of aliphatic hydroxyl groups is 1. The summed E-state index contributed by atoms with van der Waals surface area (Å²) in [6.45, 7) is 5.33. The van der Waals surface area contributed by atoms with Gasteiger partial charge in [0.1, 0.15) is 0 Å². The van der Waals surface area contributed by atoms with Crippen molar-refractivity contribution in [3.63, 3.8) is 0 Å². The summed E-state index contributed by atoms with van der Waals surface area (Å²) in [6, 6.07) is 6.37. The Hall–Kier alpha value is -2.54. The first-order valence-corrected chi connectivity index (χ1v) is 8.83. The molecule has 0 saturated heterocycles. The molecule has 0 radical (unpaired) electrons. The molecule has 0 heterocycles. The maximum absolute atomic E-state index is 13.2. The van der Waals surface area contributed by atoms with Crippen molar-refractivity contribution in [3.8, 4) is 0 Å². The molecule has 28 heavy (non-hydrogen) atoms. The number of benzene rings is 2. The molecule has 0 saturated carbocycles. The molecule has 2 aromatic carbocycles. The van der Waals surface area contributed by atoms with Crippen LogP contribution in [0.1, 0.15) is 44.2 Å². The number of nitrogens with one attached hydrogen (secondary N) is 1. The standard InChI is InChI=1S/C21H25F3N2O2/c1-12-6-13(2)19(14(3)7-12)18(11-27)25-20(28)15-8-16(21(22,23)24)10-17(9-15)26(4)5/h6-10,18,27H,11H2,1-5H3,(H,25,28). The zero-order valence-corrected chi connectivity index (χ0v) is 16.6. The number of aliphatic hydroxyl groups excluding tert-OH is 1. The van der Waals surface area contributed by atoms with Gasteiger partial charge in [0.15, 0.2) is 0 Å². The molecule has 1 amide bonds. The number of nitrogens with zero attached hydrogens (tertiary/aromatic N) is 1. The number of amides is 1. The van der Waals surface area contributed by atoms with Crippen LogP contribution in [-0.4, -0.2) is 31.7 Å². The average Bonchev–Trinajstić information content (AvgIpc) is 2.58. The van der Waals surface area contributed by atoms with E-state index in [0.717, 1.165) is 34.4 Å². The van der Waals surface area contributed by atoms with E-state index < -0.39 is 23.7 Å². The molecule has 0 spiro atoms. The van der Waals surface area contributed by atoms with Gasteiger partial charge in [-0.3, -0.25) is 4.79 Å². The summed E-state index contributed by atoms with van der Waals surface area (Å²) in [4.78, 5) is 14.2. The molecule has 2 N–H and O–H groups in total. The lowest BCUT2D eigenvalue weighted by molar-refractivity contribution is -0.137. The maximum atomic E-state index is 13.2. The van der Waals surface area contributed by atoms with Crippen molar-refractivity contribution in [1.82, 2.24) is 5.32 Å². The van der Waals surface area contributed by atoms with Crippen molar-refractivity contribution in [2.75, 3.05) is 25.6 Å². The molecule has 0 fully saturated rings. The fourth-order valence-corrected chi connectivity index (χ4v) is 3.36. The summed E-state index contributed by atoms with van der Waals surface area (Å²) in [6.07, 6.45) is -4.57. The summed E-state index contributed by atoms with van der Waals surface area (Å²) in [5, 5.41) is 12.5. The second-order valence-corrected chi connectivity index (χ2v) is 7.18. The molecule has 2 rings (SSSR count). The Bertz CT molecular complexity index is 853. The number of alkyl halides is 3. The van der Waals surface area contributed by atoms with Crippen LogP contribution in [0.25, 0.3) is 0 Å². The van der Waals surface area contributed by atoms with Gasteiger partial charge in [-0.05, 0) is 55.7 Å². The molecule has 7 heteroatoms. The van der Waals surface area contributed by atoms with Gasteiger partial charge in [-0.15, -0.1) is 0 Å². The molecule has 0 bridgehead atoms. The number of rotatable bonds is 5. The fraction of sp³-hybridized carbons (Fsp3) is 0.381. The minimum Gasteiger partial charge on any atom is -0.394 e. The van der Waals surface area contributed by atoms with Crippen LogP contribution in [0.5, 0.6) is 0 Å². The molecule has 0 aliphatic heterocycles. The van der Waals surface area contributed by atoms with E-state index in [4.69, 9.17) is 0 Å². The number of hydrogen-bond donors (Lipinski definition) is 2. The molecule has 2 aromatic rings. The van der Waals surface area contributed by atoms with Gasteiger partial charge in [-0.1, -0.05) is 17.7 Å². The number of anilines is 1. The second kappa shape index (κ2) is 8.22. The van der Waals surface area contributed by atoms with Crippen LogP contribution in [0.2, 0.25) is 0 Å². The van der Waals surface area contributed by atoms with E-state index in [-0.39, 0.29) is 17.9 Å². The van der Waals surface area contributed by atoms with Gasteiger partial charge in [0.05, 0.1) is 18.2 Å². The Balaban J connectivity index is 2.42. The first kappa shape index (κ1) is 21.8. The molecule has 0 aromatic heterocycles. The highest BCUT2D eigenvalue weighted by Crippen LogP contribution is 2.33. The lowest BCUT2D eigenvalue weighted by atomic mass is 9.94. The van der Waals surface area contributed by atoms with Crippen molar-refractivity contribution in [2.24, 2.45) is 0 Å². The maximum Gasteiger partial charge on any atom is 0.416 e. The summed E-state index contributed by atoms with van der Waals surface area (Å²) in [7, 11) is 3.21. The molecule has 0 aliphatic carbocycles. The van der Waals surface area contributed by atoms with Gasteiger partial charge in [0.2, 0.25) is 0 Å². The Morgan fingerprint density at radius 2 is 1.64 bits per heavy atom. The lowest BCUT2D eigenvalue weighted by Crippen LogP contribution is -2.32. The van der Waals surface area contributed by atoms with E-state index in [1.807, 2.05) is 32.9 Å². The monoisotopic (exact) mass is 394 g/mol. The first-order chi connectivity index (χ1) is 12.9. The van der Waals surface area contributed by atoms with Crippen LogP contribution in [-0.2, 0) is 6.18 Å². The van der Waals surface area contributed by atoms with Gasteiger partial charge < -0.3 is 15.3 Å². The average molecular weight is 394 g/mol. The highest BCUT2D eigenvalue weighted by Gasteiger charge is 2.32. The van der Waals surface area contributed by atoms with Gasteiger partial charge in [0, 0.05) is 25.3 Å². The van der Waals surface area contributed by atoms with Crippen LogP contribution < -0.4 is 10.2 Å². The Morgan fingerprint density at radius 1 is 1.07 bits per heavy atom. The summed E-state index contributed by atoms with van der Waals surface area (Å²) >= 11 is 0. The Kier molecular flexibility index (Phi) is 6.39. The topological polar surface area (TPSA) is 52.6 Å². The van der Waals surface area contributed by atoms with E-state index in [1.165, 1.54) is 11.0 Å². The number of hydrogen-bond acceptors (Lipinski definition) is 3. The summed E-state index contributed by atoms with van der Waals surface area (Å²) < 4.78 is 39.7. The number of aryl methyl sites for hydroxylation is 3. The SMILES string of the molecule is Cc1cc(C)c(C(CO)NC(=O)c2cc(N(C)C)cc(C(F)(F)F)c2)c(C)c1. The summed E-state index contributed by atoms with van der Waals surface area (Å²) in [5.41, 5.74) is 2.87. The molecule has 152 valence electrons. The van der Waals surface area contributed by atoms with Gasteiger partial charge >= 0.3 is 6.18 Å². The minimum atomic E-state index is -4.57. The van der Waals surface area contributed by atoms with Crippen LogP contribution in [0.4, 0.5) is 18.9 Å². The van der Waals surface area contributed by atoms with E-state index in [2.05, 4.69) is 5.32 Å². The lowest BCUT2D eigenvalue weighted by Gasteiger charge is -2.23. The normalized spacial score (nSPS) is 12.6. The second-order valence-electron chi connectivity index (χ2n) is 7.18. The zero-order chi connectivity index (χ0) is 21.2. The number of carbonyl (C=O) groups excluding carboxylic acids is 1. The largest absolute Gasteiger partial charge is 0.416 e. The van der Waals surface area contributed by atoms with Crippen LogP contribution in [0, 0.1) is 20.8 Å². The minimum absolute atomic E-state index is 0.112. The highest BCUT2D eigenvalue weighted by molar-refractivity contribution is 5.95. The smallest absolute Gasteiger partial charge is 0.394 e. The predicted molar refractivity (Wildman–Crippen MR) is 104 cm³/mol. The van der Waals surface area contributed by atoms with E-state index in [0.29, 0.717) is 0 Å². The third kappa shape index (κ3) is 4.84. The number of carbonyl (C=O) groups is 1. The molecule has 0 aliphatic rings. The molecule has 1 atom stereocenters. The molecular formula is C21H25F3N2O2. The quantitative estimate of drug-likeness (QED) is 0.801. The van der Waals surface area contributed by atoms with E-state index >= 15 is 0 Å². The highest BCUT2D eigenvalue weighted by atomic mass is 19.4. The van der Waals surface area contributed by atoms with Gasteiger partial charge in [0.25, 0.3) is 5.91 Å².